The lowest BCUT2D eigenvalue weighted by atomic mass is 10.1. The molecule has 0 unspecified atom stereocenters. The van der Waals surface area contributed by atoms with Crippen molar-refractivity contribution >= 4 is 34.5 Å². The van der Waals surface area contributed by atoms with Gasteiger partial charge in [0.25, 0.3) is 5.91 Å². The number of nitrogens with two attached hydrogens (primary N) is 1. The predicted octanol–water partition coefficient (Wildman–Crippen LogP) is 6.36. The van der Waals surface area contributed by atoms with Crippen molar-refractivity contribution in [3.05, 3.63) is 119 Å². The number of amides is 1. The van der Waals surface area contributed by atoms with Crippen LogP contribution in [0.25, 0.3) is 39.5 Å². The number of benzene rings is 3. The summed E-state index contributed by atoms with van der Waals surface area (Å²) in [6.07, 6.45) is 1.67. The Morgan fingerprint density at radius 2 is 1.67 bits per heavy atom. The standard InChI is InChI=1S/C36H32ClN7O2/c1-23-4-7-26(21-32(23)45)36(46)43-19-17-42(18-20-43)22-24-5-12-28(13-6-24)44-34(29-3-2-16-39-33(29)38)41-31-15-14-30(40-35(31)44)25-8-10-27(37)11-9-25/h2-16,21,45H,17-20,22H2,1H3,(H2,38,39). The smallest absolute Gasteiger partial charge is 0.254 e. The lowest BCUT2D eigenvalue weighted by molar-refractivity contribution is 0.0628. The fourth-order valence-electron chi connectivity index (χ4n) is 5.81. The summed E-state index contributed by atoms with van der Waals surface area (Å²) in [7, 11) is 0. The van der Waals surface area contributed by atoms with Crippen molar-refractivity contribution in [2.24, 2.45) is 0 Å². The molecule has 46 heavy (non-hydrogen) atoms. The fraction of sp³-hybridized carbons (Fsp3) is 0.167. The molecule has 4 heterocycles. The first kappa shape index (κ1) is 29.5. The Morgan fingerprint density at radius 1 is 0.913 bits per heavy atom. The van der Waals surface area contributed by atoms with Crippen LogP contribution in [0.3, 0.4) is 0 Å². The molecule has 0 aliphatic carbocycles. The lowest BCUT2D eigenvalue weighted by Gasteiger charge is -2.34. The Bertz CT molecular complexity index is 2050. The molecule has 0 bridgehead atoms. The zero-order valence-electron chi connectivity index (χ0n) is 25.3. The molecule has 230 valence electrons. The van der Waals surface area contributed by atoms with Crippen LogP contribution in [0.2, 0.25) is 5.02 Å². The van der Waals surface area contributed by atoms with Crippen molar-refractivity contribution in [3.8, 4) is 34.1 Å². The third-order valence-electron chi connectivity index (χ3n) is 8.44. The van der Waals surface area contributed by atoms with Crippen molar-refractivity contribution in [2.45, 2.75) is 13.5 Å². The van der Waals surface area contributed by atoms with E-state index in [2.05, 4.69) is 34.1 Å². The maximum atomic E-state index is 13.0. The van der Waals surface area contributed by atoms with E-state index in [1.807, 2.05) is 64.9 Å². The zero-order chi connectivity index (χ0) is 31.8. The van der Waals surface area contributed by atoms with E-state index in [1.165, 1.54) is 0 Å². The third kappa shape index (κ3) is 5.78. The van der Waals surface area contributed by atoms with Gasteiger partial charge in [0.15, 0.2) is 11.5 Å². The molecule has 0 saturated carbocycles. The van der Waals surface area contributed by atoms with Crippen LogP contribution in [0.5, 0.6) is 5.75 Å². The first-order valence-corrected chi connectivity index (χ1v) is 15.5. The van der Waals surface area contributed by atoms with Gasteiger partial charge in [0, 0.05) is 60.8 Å². The predicted molar refractivity (Wildman–Crippen MR) is 181 cm³/mol. The van der Waals surface area contributed by atoms with Gasteiger partial charge >= 0.3 is 0 Å². The number of pyridine rings is 2. The molecule has 0 radical (unpaired) electrons. The first-order valence-electron chi connectivity index (χ1n) is 15.1. The van der Waals surface area contributed by atoms with E-state index in [0.717, 1.165) is 58.8 Å². The number of nitrogens with zero attached hydrogens (tertiary/aromatic N) is 6. The van der Waals surface area contributed by atoms with Crippen LogP contribution in [-0.4, -0.2) is 66.5 Å². The summed E-state index contributed by atoms with van der Waals surface area (Å²) in [4.78, 5) is 31.5. The molecular weight excluding hydrogens is 598 g/mol. The summed E-state index contributed by atoms with van der Waals surface area (Å²) in [5.41, 5.74) is 13.6. The monoisotopic (exact) mass is 629 g/mol. The van der Waals surface area contributed by atoms with Crippen LogP contribution in [-0.2, 0) is 6.54 Å². The zero-order valence-corrected chi connectivity index (χ0v) is 26.0. The minimum absolute atomic E-state index is 0.0512. The quantitative estimate of drug-likeness (QED) is 0.220. The van der Waals surface area contributed by atoms with Crippen molar-refractivity contribution in [1.82, 2.24) is 29.3 Å². The van der Waals surface area contributed by atoms with Gasteiger partial charge in [-0.05, 0) is 78.7 Å². The van der Waals surface area contributed by atoms with Gasteiger partial charge in [0.1, 0.15) is 17.1 Å². The Hall–Kier alpha value is -5.25. The van der Waals surface area contributed by atoms with E-state index in [-0.39, 0.29) is 11.7 Å². The average Bonchev–Trinajstić information content (AvgIpc) is 3.45. The number of piperazine rings is 1. The molecule has 1 amide bonds. The number of imidazole rings is 1. The molecule has 3 aromatic heterocycles. The van der Waals surface area contributed by atoms with Crippen molar-refractivity contribution in [1.29, 1.82) is 0 Å². The van der Waals surface area contributed by atoms with Gasteiger partial charge < -0.3 is 15.7 Å². The molecule has 6 aromatic rings. The van der Waals surface area contributed by atoms with Crippen LogP contribution in [0.4, 0.5) is 5.82 Å². The number of phenolic OH excluding ortho intramolecular Hbond substituents is 1. The average molecular weight is 630 g/mol. The van der Waals surface area contributed by atoms with E-state index < -0.39 is 0 Å². The minimum atomic E-state index is -0.0512. The SMILES string of the molecule is Cc1ccc(C(=O)N2CCN(Cc3ccc(-n4c(-c5cccnc5N)nc5ccc(-c6ccc(Cl)cc6)nc54)cc3)CC2)cc1O. The number of aromatic hydroxyl groups is 1. The highest BCUT2D eigenvalue weighted by molar-refractivity contribution is 6.30. The summed E-state index contributed by atoms with van der Waals surface area (Å²) < 4.78 is 2.03. The van der Waals surface area contributed by atoms with Gasteiger partial charge in [-0.25, -0.2) is 15.0 Å². The summed E-state index contributed by atoms with van der Waals surface area (Å²) in [5.74, 6) is 1.15. The number of aryl methyl sites for hydroxylation is 1. The van der Waals surface area contributed by atoms with Crippen LogP contribution in [0, 0.1) is 6.92 Å². The number of anilines is 1. The summed E-state index contributed by atoms with van der Waals surface area (Å²) in [6, 6.07) is 28.8. The summed E-state index contributed by atoms with van der Waals surface area (Å²) in [6.45, 7) is 5.37. The number of rotatable bonds is 6. The number of halogens is 1. The Morgan fingerprint density at radius 3 is 2.39 bits per heavy atom. The van der Waals surface area contributed by atoms with E-state index >= 15 is 0 Å². The maximum Gasteiger partial charge on any atom is 0.254 e. The molecule has 9 nitrogen and oxygen atoms in total. The molecule has 0 spiro atoms. The van der Waals surface area contributed by atoms with Gasteiger partial charge in [0.2, 0.25) is 0 Å². The van der Waals surface area contributed by atoms with Crippen molar-refractivity contribution < 1.29 is 9.90 Å². The molecule has 7 rings (SSSR count). The summed E-state index contributed by atoms with van der Waals surface area (Å²) in [5, 5.41) is 10.7. The molecule has 1 aliphatic rings. The second kappa shape index (κ2) is 12.3. The number of fused-ring (bicyclic) bond motifs is 1. The topological polar surface area (TPSA) is 113 Å². The van der Waals surface area contributed by atoms with Crippen molar-refractivity contribution in [2.75, 3.05) is 31.9 Å². The Balaban J connectivity index is 1.14. The number of carbonyl (C=O) groups excluding carboxylic acids is 1. The second-order valence-electron chi connectivity index (χ2n) is 11.5. The molecule has 10 heteroatoms. The second-order valence-corrected chi connectivity index (χ2v) is 11.9. The highest BCUT2D eigenvalue weighted by Gasteiger charge is 2.23. The molecule has 0 atom stereocenters. The van der Waals surface area contributed by atoms with Gasteiger partial charge in [0.05, 0.1) is 11.3 Å². The number of phenols is 1. The number of hydrogen-bond donors (Lipinski definition) is 2. The van der Waals surface area contributed by atoms with Gasteiger partial charge in [-0.15, -0.1) is 0 Å². The maximum absolute atomic E-state index is 13.0. The largest absolute Gasteiger partial charge is 0.508 e. The number of aromatic nitrogens is 4. The molecule has 3 aromatic carbocycles. The number of nitrogen functional groups attached to an aromatic ring is 1. The van der Waals surface area contributed by atoms with E-state index in [4.69, 9.17) is 27.3 Å². The molecular formula is C36H32ClN7O2. The van der Waals surface area contributed by atoms with E-state index in [9.17, 15) is 9.90 Å². The lowest BCUT2D eigenvalue weighted by Crippen LogP contribution is -2.48. The van der Waals surface area contributed by atoms with Crippen LogP contribution in [0.15, 0.2) is 97.2 Å². The van der Waals surface area contributed by atoms with E-state index in [0.29, 0.717) is 41.0 Å². The summed E-state index contributed by atoms with van der Waals surface area (Å²) >= 11 is 6.13. The van der Waals surface area contributed by atoms with Gasteiger partial charge in [-0.2, -0.15) is 0 Å². The molecule has 1 saturated heterocycles. The molecule has 1 fully saturated rings. The number of hydrogen-bond acceptors (Lipinski definition) is 7. The normalized spacial score (nSPS) is 13.7. The molecule has 3 N–H and O–H groups in total. The Kier molecular flexibility index (Phi) is 7.86. The highest BCUT2D eigenvalue weighted by Crippen LogP contribution is 2.32. The minimum Gasteiger partial charge on any atom is -0.508 e. The number of carbonyl (C=O) groups is 1. The third-order valence-corrected chi connectivity index (χ3v) is 8.69. The first-order chi connectivity index (χ1) is 22.3. The Labute approximate surface area is 271 Å². The molecule has 1 aliphatic heterocycles. The fourth-order valence-corrected chi connectivity index (χ4v) is 5.94. The van der Waals surface area contributed by atoms with Crippen molar-refractivity contribution in [3.63, 3.8) is 0 Å². The van der Waals surface area contributed by atoms with Gasteiger partial charge in [-0.1, -0.05) is 41.9 Å². The van der Waals surface area contributed by atoms with E-state index in [1.54, 1.807) is 24.4 Å². The van der Waals surface area contributed by atoms with Crippen LogP contribution >= 0.6 is 11.6 Å². The van der Waals surface area contributed by atoms with Crippen LogP contribution < -0.4 is 5.73 Å². The van der Waals surface area contributed by atoms with Gasteiger partial charge in [-0.3, -0.25) is 14.3 Å². The highest BCUT2D eigenvalue weighted by atomic mass is 35.5. The van der Waals surface area contributed by atoms with Crippen LogP contribution in [0.1, 0.15) is 21.5 Å².